The SMILES string of the molecule is Cc1ccc(NS(=O)(=O)CCNC(C)C)cc1I. The minimum Gasteiger partial charge on any atom is -0.313 e. The summed E-state index contributed by atoms with van der Waals surface area (Å²) in [5, 5.41) is 3.09. The molecule has 1 rings (SSSR count). The molecule has 2 N–H and O–H groups in total. The maximum Gasteiger partial charge on any atom is 0.233 e. The lowest BCUT2D eigenvalue weighted by molar-refractivity contribution is 0.582. The average molecular weight is 382 g/mol. The monoisotopic (exact) mass is 382 g/mol. The van der Waals surface area contributed by atoms with Gasteiger partial charge in [0, 0.05) is 21.8 Å². The van der Waals surface area contributed by atoms with Gasteiger partial charge in [-0.1, -0.05) is 19.9 Å². The van der Waals surface area contributed by atoms with Crippen LogP contribution in [0.25, 0.3) is 0 Å². The molecule has 0 spiro atoms. The van der Waals surface area contributed by atoms with Crippen molar-refractivity contribution in [1.82, 2.24) is 5.32 Å². The highest BCUT2D eigenvalue weighted by Crippen LogP contribution is 2.17. The van der Waals surface area contributed by atoms with Crippen molar-refractivity contribution in [3.05, 3.63) is 27.3 Å². The number of nitrogens with one attached hydrogen (secondary N) is 2. The Kier molecular flexibility index (Phi) is 5.87. The average Bonchev–Trinajstić information content (AvgIpc) is 2.22. The first-order valence-electron chi connectivity index (χ1n) is 5.80. The molecule has 1 aromatic carbocycles. The highest BCUT2D eigenvalue weighted by atomic mass is 127. The lowest BCUT2D eigenvalue weighted by Crippen LogP contribution is -2.30. The molecule has 0 fully saturated rings. The topological polar surface area (TPSA) is 58.2 Å². The molecule has 102 valence electrons. The zero-order valence-corrected chi connectivity index (χ0v) is 13.8. The first kappa shape index (κ1) is 15.7. The van der Waals surface area contributed by atoms with E-state index in [1.807, 2.05) is 32.9 Å². The zero-order valence-electron chi connectivity index (χ0n) is 10.8. The number of hydrogen-bond acceptors (Lipinski definition) is 3. The third-order valence-corrected chi connectivity index (χ3v) is 4.82. The highest BCUT2D eigenvalue weighted by molar-refractivity contribution is 14.1. The summed E-state index contributed by atoms with van der Waals surface area (Å²) >= 11 is 2.19. The van der Waals surface area contributed by atoms with Crippen LogP contribution in [-0.4, -0.2) is 26.8 Å². The second-order valence-electron chi connectivity index (χ2n) is 4.49. The molecule has 0 saturated carbocycles. The molecule has 6 heteroatoms. The standard InChI is InChI=1S/C12H19IN2O2S/c1-9(2)14-6-7-18(16,17)15-11-5-4-10(3)12(13)8-11/h4-5,8-9,14-15H,6-7H2,1-3H3. The van der Waals surface area contributed by atoms with Gasteiger partial charge in [-0.3, -0.25) is 4.72 Å². The van der Waals surface area contributed by atoms with Gasteiger partial charge in [0.2, 0.25) is 10.0 Å². The maximum atomic E-state index is 11.8. The van der Waals surface area contributed by atoms with E-state index in [2.05, 4.69) is 32.6 Å². The molecular weight excluding hydrogens is 363 g/mol. The van der Waals surface area contributed by atoms with Crippen molar-refractivity contribution in [2.24, 2.45) is 0 Å². The van der Waals surface area contributed by atoms with Crippen LogP contribution < -0.4 is 10.0 Å². The Balaban J connectivity index is 2.62. The van der Waals surface area contributed by atoms with E-state index in [-0.39, 0.29) is 5.75 Å². The summed E-state index contributed by atoms with van der Waals surface area (Å²) in [7, 11) is -3.28. The fraction of sp³-hybridized carbons (Fsp3) is 0.500. The largest absolute Gasteiger partial charge is 0.313 e. The van der Waals surface area contributed by atoms with Gasteiger partial charge in [-0.15, -0.1) is 0 Å². The number of aryl methyl sites for hydroxylation is 1. The van der Waals surface area contributed by atoms with Gasteiger partial charge >= 0.3 is 0 Å². The number of hydrogen-bond donors (Lipinski definition) is 2. The third kappa shape index (κ3) is 5.53. The number of halogens is 1. The summed E-state index contributed by atoms with van der Waals surface area (Å²) in [6.45, 7) is 6.42. The van der Waals surface area contributed by atoms with E-state index >= 15 is 0 Å². The molecule has 0 amide bonds. The van der Waals surface area contributed by atoms with Crippen molar-refractivity contribution >= 4 is 38.3 Å². The first-order chi connectivity index (χ1) is 8.30. The van der Waals surface area contributed by atoms with Crippen LogP contribution in [0, 0.1) is 10.5 Å². The minimum absolute atomic E-state index is 0.0790. The van der Waals surface area contributed by atoms with Crippen molar-refractivity contribution in [3.8, 4) is 0 Å². The molecule has 0 aliphatic carbocycles. The number of sulfonamides is 1. The normalized spacial score (nSPS) is 11.8. The van der Waals surface area contributed by atoms with Gasteiger partial charge < -0.3 is 5.32 Å². The molecule has 4 nitrogen and oxygen atoms in total. The van der Waals surface area contributed by atoms with Crippen molar-refractivity contribution in [3.63, 3.8) is 0 Å². The Morgan fingerprint density at radius 2 is 2.00 bits per heavy atom. The Hall–Kier alpha value is -0.340. The van der Waals surface area contributed by atoms with Gasteiger partial charge in [0.15, 0.2) is 0 Å². The number of anilines is 1. The van der Waals surface area contributed by atoms with Crippen molar-refractivity contribution < 1.29 is 8.42 Å². The molecule has 0 heterocycles. The molecule has 0 atom stereocenters. The predicted molar refractivity (Wildman–Crippen MR) is 84.4 cm³/mol. The van der Waals surface area contributed by atoms with Gasteiger partial charge in [-0.2, -0.15) is 0 Å². The fourth-order valence-electron chi connectivity index (χ4n) is 1.37. The van der Waals surface area contributed by atoms with E-state index in [0.717, 1.165) is 9.13 Å². The molecule has 0 bridgehead atoms. The first-order valence-corrected chi connectivity index (χ1v) is 8.53. The molecule has 18 heavy (non-hydrogen) atoms. The minimum atomic E-state index is -3.28. The molecule has 0 aromatic heterocycles. The summed E-state index contributed by atoms with van der Waals surface area (Å²) in [5.41, 5.74) is 1.76. The quantitative estimate of drug-likeness (QED) is 0.743. The molecular formula is C12H19IN2O2S. The lowest BCUT2D eigenvalue weighted by Gasteiger charge is -2.11. The van der Waals surface area contributed by atoms with Gasteiger partial charge in [0.05, 0.1) is 5.75 Å². The van der Waals surface area contributed by atoms with Crippen LogP contribution in [0.1, 0.15) is 19.4 Å². The summed E-state index contributed by atoms with van der Waals surface area (Å²) < 4.78 is 27.3. The summed E-state index contributed by atoms with van der Waals surface area (Å²) in [6.07, 6.45) is 0. The Morgan fingerprint density at radius 3 is 2.56 bits per heavy atom. The van der Waals surface area contributed by atoms with E-state index in [9.17, 15) is 8.42 Å². The van der Waals surface area contributed by atoms with E-state index in [1.165, 1.54) is 0 Å². The van der Waals surface area contributed by atoms with Crippen LogP contribution in [-0.2, 0) is 10.0 Å². The Bertz CT molecular complexity index is 501. The van der Waals surface area contributed by atoms with Crippen molar-refractivity contribution in [2.75, 3.05) is 17.0 Å². The van der Waals surface area contributed by atoms with Gasteiger partial charge in [0.25, 0.3) is 0 Å². The van der Waals surface area contributed by atoms with E-state index in [4.69, 9.17) is 0 Å². The molecule has 0 aliphatic rings. The van der Waals surface area contributed by atoms with Crippen LogP contribution in [0.15, 0.2) is 18.2 Å². The second-order valence-corrected chi connectivity index (χ2v) is 7.50. The van der Waals surface area contributed by atoms with Crippen molar-refractivity contribution in [2.45, 2.75) is 26.8 Å². The highest BCUT2D eigenvalue weighted by Gasteiger charge is 2.10. The Labute approximate surface area is 123 Å². The third-order valence-electron chi connectivity index (χ3n) is 2.37. The van der Waals surface area contributed by atoms with Gasteiger partial charge in [0.1, 0.15) is 0 Å². The van der Waals surface area contributed by atoms with Gasteiger partial charge in [-0.25, -0.2) is 8.42 Å². The van der Waals surface area contributed by atoms with Crippen molar-refractivity contribution in [1.29, 1.82) is 0 Å². The van der Waals surface area contributed by atoms with E-state index in [0.29, 0.717) is 18.3 Å². The Morgan fingerprint density at radius 1 is 1.33 bits per heavy atom. The summed E-state index contributed by atoms with van der Waals surface area (Å²) in [6, 6.07) is 5.82. The molecule has 0 aliphatic heterocycles. The van der Waals surface area contributed by atoms with Gasteiger partial charge in [-0.05, 0) is 47.2 Å². The predicted octanol–water partition coefficient (Wildman–Crippen LogP) is 2.34. The number of rotatable bonds is 6. The lowest BCUT2D eigenvalue weighted by atomic mass is 10.2. The van der Waals surface area contributed by atoms with Crippen LogP contribution in [0.3, 0.4) is 0 Å². The van der Waals surface area contributed by atoms with Crippen LogP contribution >= 0.6 is 22.6 Å². The zero-order chi connectivity index (χ0) is 13.8. The van der Waals surface area contributed by atoms with Crippen LogP contribution in [0.5, 0.6) is 0 Å². The maximum absolute atomic E-state index is 11.8. The molecule has 1 aromatic rings. The molecule has 0 radical (unpaired) electrons. The summed E-state index contributed by atoms with van der Waals surface area (Å²) in [4.78, 5) is 0. The molecule has 0 saturated heterocycles. The fourth-order valence-corrected chi connectivity index (χ4v) is 2.86. The van der Waals surface area contributed by atoms with E-state index in [1.54, 1.807) is 6.07 Å². The van der Waals surface area contributed by atoms with E-state index < -0.39 is 10.0 Å². The number of benzene rings is 1. The van der Waals surface area contributed by atoms with Crippen LogP contribution in [0.4, 0.5) is 5.69 Å². The summed E-state index contributed by atoms with van der Waals surface area (Å²) in [5.74, 6) is 0.0790. The smallest absolute Gasteiger partial charge is 0.233 e. The molecule has 0 unspecified atom stereocenters. The second kappa shape index (κ2) is 6.72. The van der Waals surface area contributed by atoms with Crippen LogP contribution in [0.2, 0.25) is 0 Å².